The molecule has 32 valence electrons. The lowest BCUT2D eigenvalue weighted by Gasteiger charge is -1.83. The van der Waals surface area contributed by atoms with Gasteiger partial charge in [-0.3, -0.25) is 0 Å². The molecule has 0 N–H and O–H groups in total. The van der Waals surface area contributed by atoms with E-state index in [-0.39, 0.29) is 4.29 Å². The van der Waals surface area contributed by atoms with Crippen LogP contribution in [0.15, 0.2) is 0 Å². The molecule has 5 heavy (non-hydrogen) atoms. The van der Waals surface area contributed by atoms with Crippen molar-refractivity contribution >= 4 is 39.1 Å². The lowest BCUT2D eigenvalue weighted by molar-refractivity contribution is 1.45. The molecule has 0 aromatic heterocycles. The fourth-order valence-corrected chi connectivity index (χ4v) is 0. The highest BCUT2D eigenvalue weighted by molar-refractivity contribution is 9.10. The minimum absolute atomic E-state index is 0.0656. The molecule has 0 amide bonds. The van der Waals surface area contributed by atoms with Gasteiger partial charge in [0.1, 0.15) is 4.29 Å². The zero-order chi connectivity index (χ0) is 4.28. The summed E-state index contributed by atoms with van der Waals surface area (Å²) in [6, 6.07) is 0. The van der Waals surface area contributed by atoms with Crippen molar-refractivity contribution in [2.24, 2.45) is 0 Å². The summed E-state index contributed by atoms with van der Waals surface area (Å²) in [4.78, 5) is 0. The van der Waals surface area contributed by atoms with Crippen molar-refractivity contribution in [2.75, 3.05) is 5.88 Å². The van der Waals surface area contributed by atoms with E-state index in [0.29, 0.717) is 5.88 Å². The van der Waals surface area contributed by atoms with Crippen LogP contribution < -0.4 is 0 Å². The first-order valence-corrected chi connectivity index (χ1v) is 3.00. The average molecular weight is 178 g/mol. The van der Waals surface area contributed by atoms with Gasteiger partial charge in [0.2, 0.25) is 0 Å². The van der Waals surface area contributed by atoms with Gasteiger partial charge in [0.25, 0.3) is 0 Å². The van der Waals surface area contributed by atoms with Crippen LogP contribution in [0.3, 0.4) is 0 Å². The van der Waals surface area contributed by atoms with Gasteiger partial charge in [-0.05, 0) is 0 Å². The normalized spacial score (nSPS) is 15.0. The molecule has 0 spiro atoms. The van der Waals surface area contributed by atoms with Crippen molar-refractivity contribution in [1.82, 2.24) is 0 Å². The SMILES string of the molecule is ClCC(Cl)Br. The molecular formula is C2H3BrCl2. The zero-order valence-corrected chi connectivity index (χ0v) is 5.52. The van der Waals surface area contributed by atoms with E-state index < -0.39 is 0 Å². The molecule has 0 saturated heterocycles. The van der Waals surface area contributed by atoms with Crippen LogP contribution in [0.1, 0.15) is 0 Å². The quantitative estimate of drug-likeness (QED) is 0.539. The maximum absolute atomic E-state index is 5.25. The van der Waals surface area contributed by atoms with Gasteiger partial charge in [-0.1, -0.05) is 15.9 Å². The molecule has 0 radical (unpaired) electrons. The van der Waals surface area contributed by atoms with Gasteiger partial charge in [0.15, 0.2) is 0 Å². The Hall–Kier alpha value is 1.06. The molecule has 0 fully saturated rings. The fraction of sp³-hybridized carbons (Fsp3) is 1.00. The third-order valence-corrected chi connectivity index (χ3v) is 1.43. The van der Waals surface area contributed by atoms with Crippen molar-refractivity contribution in [1.29, 1.82) is 0 Å². The predicted octanol–water partition coefficient (Wildman–Crippen LogP) is 2.18. The van der Waals surface area contributed by atoms with E-state index >= 15 is 0 Å². The molecule has 0 aliphatic carbocycles. The van der Waals surface area contributed by atoms with Gasteiger partial charge in [0, 0.05) is 5.88 Å². The molecular weight excluding hydrogens is 175 g/mol. The Morgan fingerprint density at radius 1 is 1.80 bits per heavy atom. The summed E-state index contributed by atoms with van der Waals surface area (Å²) >= 11 is 13.4. The van der Waals surface area contributed by atoms with E-state index in [0.717, 1.165) is 0 Å². The largest absolute Gasteiger partial charge is 0.124 e. The van der Waals surface area contributed by atoms with E-state index in [9.17, 15) is 0 Å². The molecule has 1 atom stereocenters. The monoisotopic (exact) mass is 176 g/mol. The van der Waals surface area contributed by atoms with Crippen molar-refractivity contribution in [3.05, 3.63) is 0 Å². The van der Waals surface area contributed by atoms with Crippen LogP contribution in [-0.2, 0) is 0 Å². The minimum atomic E-state index is -0.0656. The minimum Gasteiger partial charge on any atom is -0.124 e. The summed E-state index contributed by atoms with van der Waals surface area (Å²) in [6.07, 6.45) is 0. The molecule has 3 heteroatoms. The summed E-state index contributed by atoms with van der Waals surface area (Å²) in [7, 11) is 0. The van der Waals surface area contributed by atoms with Crippen LogP contribution in [0, 0.1) is 0 Å². The standard InChI is InChI=1S/C2H3BrCl2/c3-2(5)1-4/h2H,1H2. The van der Waals surface area contributed by atoms with Crippen molar-refractivity contribution < 1.29 is 0 Å². The van der Waals surface area contributed by atoms with E-state index in [1.54, 1.807) is 0 Å². The molecule has 0 aromatic carbocycles. The molecule has 0 heterocycles. The molecule has 0 rings (SSSR count). The lowest BCUT2D eigenvalue weighted by atomic mass is 11.0. The summed E-state index contributed by atoms with van der Waals surface area (Å²) in [5, 5.41) is 0. The second-order valence-electron chi connectivity index (χ2n) is 0.545. The van der Waals surface area contributed by atoms with Crippen molar-refractivity contribution in [3.8, 4) is 0 Å². The Morgan fingerprint density at radius 3 is 2.00 bits per heavy atom. The number of rotatable bonds is 1. The molecule has 0 bridgehead atoms. The molecule has 0 saturated carbocycles. The van der Waals surface area contributed by atoms with Crippen molar-refractivity contribution in [2.45, 2.75) is 4.29 Å². The Balaban J connectivity index is 2.54. The van der Waals surface area contributed by atoms with E-state index in [2.05, 4.69) is 15.9 Å². The summed E-state index contributed by atoms with van der Waals surface area (Å²) in [5.74, 6) is 0.460. The predicted molar refractivity (Wildman–Crippen MR) is 29.3 cm³/mol. The highest BCUT2D eigenvalue weighted by Gasteiger charge is 1.88. The first-order chi connectivity index (χ1) is 2.27. The number of alkyl halides is 3. The number of hydrogen-bond donors (Lipinski definition) is 0. The van der Waals surface area contributed by atoms with Crippen LogP contribution in [0.2, 0.25) is 0 Å². The maximum atomic E-state index is 5.25. The lowest BCUT2D eigenvalue weighted by Crippen LogP contribution is -1.81. The highest BCUT2D eigenvalue weighted by Crippen LogP contribution is 2.04. The third kappa shape index (κ3) is 5.06. The van der Waals surface area contributed by atoms with Gasteiger partial charge in [0.05, 0.1) is 0 Å². The number of halogens is 3. The van der Waals surface area contributed by atoms with Crippen LogP contribution in [0.5, 0.6) is 0 Å². The second kappa shape index (κ2) is 3.26. The molecule has 0 aromatic rings. The maximum Gasteiger partial charge on any atom is 0.102 e. The van der Waals surface area contributed by atoms with Gasteiger partial charge in [-0.15, -0.1) is 23.2 Å². The fourth-order valence-electron chi connectivity index (χ4n) is 0. The summed E-state index contributed by atoms with van der Waals surface area (Å²) in [6.45, 7) is 0. The van der Waals surface area contributed by atoms with Crippen molar-refractivity contribution in [3.63, 3.8) is 0 Å². The first-order valence-electron chi connectivity index (χ1n) is 1.11. The summed E-state index contributed by atoms with van der Waals surface area (Å²) < 4.78 is -0.0656. The smallest absolute Gasteiger partial charge is 0.102 e. The van der Waals surface area contributed by atoms with Gasteiger partial charge in [-0.25, -0.2) is 0 Å². The Labute approximate surface area is 49.6 Å². The van der Waals surface area contributed by atoms with Crippen LogP contribution in [0.4, 0.5) is 0 Å². The third-order valence-electron chi connectivity index (χ3n) is 0.117. The Kier molecular flexibility index (Phi) is 3.95. The summed E-state index contributed by atoms with van der Waals surface area (Å²) in [5.41, 5.74) is 0. The number of hydrogen-bond acceptors (Lipinski definition) is 0. The van der Waals surface area contributed by atoms with Crippen LogP contribution >= 0.6 is 39.1 Å². The van der Waals surface area contributed by atoms with Crippen LogP contribution in [0.25, 0.3) is 0 Å². The highest BCUT2D eigenvalue weighted by atomic mass is 79.9. The van der Waals surface area contributed by atoms with E-state index in [1.165, 1.54) is 0 Å². The Morgan fingerprint density at radius 2 is 2.00 bits per heavy atom. The average Bonchev–Trinajstić information content (AvgIpc) is 1.38. The second-order valence-corrected chi connectivity index (χ2v) is 3.01. The van der Waals surface area contributed by atoms with Gasteiger partial charge < -0.3 is 0 Å². The first kappa shape index (κ1) is 6.06. The van der Waals surface area contributed by atoms with Gasteiger partial charge in [-0.2, -0.15) is 0 Å². The molecule has 1 unspecified atom stereocenters. The molecule has 0 aliphatic heterocycles. The van der Waals surface area contributed by atoms with Gasteiger partial charge >= 0.3 is 0 Å². The molecule has 0 aliphatic rings. The Bertz CT molecular complexity index is 21.6. The van der Waals surface area contributed by atoms with Crippen LogP contribution in [-0.4, -0.2) is 10.2 Å². The van der Waals surface area contributed by atoms with E-state index in [1.807, 2.05) is 0 Å². The van der Waals surface area contributed by atoms with E-state index in [4.69, 9.17) is 23.2 Å². The topological polar surface area (TPSA) is 0 Å². The zero-order valence-electron chi connectivity index (χ0n) is 2.42. The molecule has 0 nitrogen and oxygen atoms in total.